The Morgan fingerprint density at radius 2 is 1.87 bits per heavy atom. The summed E-state index contributed by atoms with van der Waals surface area (Å²) in [6.07, 6.45) is 8.71. The van der Waals surface area contributed by atoms with Crippen LogP contribution < -0.4 is 5.32 Å². The maximum absolute atomic E-state index is 11.8. The minimum Gasteiger partial charge on any atom is -0.508 e. The van der Waals surface area contributed by atoms with Crippen molar-refractivity contribution in [2.45, 2.75) is 51.5 Å². The lowest BCUT2D eigenvalue weighted by Crippen LogP contribution is -2.41. The van der Waals surface area contributed by atoms with E-state index in [1.165, 1.54) is 31.1 Å². The molecule has 0 aliphatic rings. The van der Waals surface area contributed by atoms with Crippen LogP contribution in [0.25, 0.3) is 0 Å². The molecule has 3 N–H and O–H groups in total. The first-order valence-electron chi connectivity index (χ1n) is 8.00. The molecule has 23 heavy (non-hydrogen) atoms. The van der Waals surface area contributed by atoms with E-state index in [1.54, 1.807) is 18.2 Å². The van der Waals surface area contributed by atoms with Crippen LogP contribution in [0.5, 0.6) is 5.75 Å². The molecule has 0 radical (unpaired) electrons. The first-order chi connectivity index (χ1) is 11.0. The number of carboxylic acid groups (broad SMARTS) is 1. The average Bonchev–Trinajstić information content (AvgIpc) is 2.52. The molecule has 5 heteroatoms. The van der Waals surface area contributed by atoms with E-state index in [1.807, 2.05) is 0 Å². The molecule has 0 saturated heterocycles. The number of aromatic hydroxyl groups is 1. The maximum atomic E-state index is 11.8. The van der Waals surface area contributed by atoms with Gasteiger partial charge in [0.1, 0.15) is 11.8 Å². The van der Waals surface area contributed by atoms with Crippen LogP contribution in [0.1, 0.15) is 44.6 Å². The Morgan fingerprint density at radius 1 is 1.17 bits per heavy atom. The van der Waals surface area contributed by atoms with E-state index in [-0.39, 0.29) is 12.2 Å². The highest BCUT2D eigenvalue weighted by atomic mass is 16.4. The normalized spacial score (nSPS) is 12.2. The van der Waals surface area contributed by atoms with Gasteiger partial charge < -0.3 is 15.5 Å². The second-order valence-corrected chi connectivity index (χ2v) is 5.52. The first kappa shape index (κ1) is 18.7. The van der Waals surface area contributed by atoms with Crippen molar-refractivity contribution < 1.29 is 19.8 Å². The molecular formula is C18H25NO4. The summed E-state index contributed by atoms with van der Waals surface area (Å²) in [5.74, 6) is -1.36. The van der Waals surface area contributed by atoms with Crippen LogP contribution in [0.15, 0.2) is 36.4 Å². The summed E-state index contributed by atoms with van der Waals surface area (Å²) in [6, 6.07) is 5.28. The summed E-state index contributed by atoms with van der Waals surface area (Å²) in [5.41, 5.74) is 0.735. The Morgan fingerprint density at radius 3 is 2.48 bits per heavy atom. The van der Waals surface area contributed by atoms with Gasteiger partial charge in [-0.25, -0.2) is 4.79 Å². The Bertz CT molecular complexity index is 522. The molecule has 0 spiro atoms. The zero-order valence-corrected chi connectivity index (χ0v) is 13.5. The van der Waals surface area contributed by atoms with Gasteiger partial charge in [0, 0.05) is 6.42 Å². The van der Waals surface area contributed by atoms with Gasteiger partial charge in [-0.1, -0.05) is 44.4 Å². The predicted molar refractivity (Wildman–Crippen MR) is 89.3 cm³/mol. The van der Waals surface area contributed by atoms with Crippen LogP contribution in [0.3, 0.4) is 0 Å². The molecule has 126 valence electrons. The van der Waals surface area contributed by atoms with E-state index >= 15 is 0 Å². The average molecular weight is 319 g/mol. The predicted octanol–water partition coefficient (Wildman–Crippen LogP) is 3.03. The number of carbonyl (C=O) groups excluding carboxylic acids is 1. The quantitative estimate of drug-likeness (QED) is 0.457. The van der Waals surface area contributed by atoms with E-state index in [0.717, 1.165) is 24.8 Å². The fraction of sp³-hybridized carbons (Fsp3) is 0.444. The van der Waals surface area contributed by atoms with Crippen molar-refractivity contribution in [3.8, 4) is 5.75 Å². The van der Waals surface area contributed by atoms with Crippen LogP contribution in [-0.2, 0) is 16.0 Å². The summed E-state index contributed by atoms with van der Waals surface area (Å²) in [7, 11) is 0. The van der Waals surface area contributed by atoms with Crippen LogP contribution in [0.4, 0.5) is 0 Å². The smallest absolute Gasteiger partial charge is 0.326 e. The van der Waals surface area contributed by atoms with Gasteiger partial charge in [-0.3, -0.25) is 4.79 Å². The van der Waals surface area contributed by atoms with Crippen molar-refractivity contribution in [1.82, 2.24) is 5.32 Å². The number of nitrogens with one attached hydrogen (secondary N) is 1. The molecule has 1 aromatic carbocycles. The van der Waals surface area contributed by atoms with Gasteiger partial charge >= 0.3 is 5.97 Å². The summed E-state index contributed by atoms with van der Waals surface area (Å²) in [5, 5.41) is 20.9. The lowest BCUT2D eigenvalue weighted by molar-refractivity contribution is -0.141. The highest BCUT2D eigenvalue weighted by Crippen LogP contribution is 2.11. The molecule has 0 bridgehead atoms. The number of hydrogen-bond donors (Lipinski definition) is 3. The number of hydrogen-bond acceptors (Lipinski definition) is 3. The van der Waals surface area contributed by atoms with Gasteiger partial charge in [0.2, 0.25) is 5.91 Å². The number of allylic oxidation sites excluding steroid dienone is 1. The monoisotopic (exact) mass is 319 g/mol. The lowest BCUT2D eigenvalue weighted by atomic mass is 10.1. The van der Waals surface area contributed by atoms with Crippen molar-refractivity contribution in [2.75, 3.05) is 0 Å². The molecule has 0 aliphatic heterocycles. The molecule has 1 aromatic rings. The highest BCUT2D eigenvalue weighted by Gasteiger charge is 2.19. The van der Waals surface area contributed by atoms with Crippen molar-refractivity contribution in [3.63, 3.8) is 0 Å². The Kier molecular flexibility index (Phi) is 8.50. The number of phenolic OH excluding ortho intramolecular Hbond substituents is 1. The molecule has 0 heterocycles. The molecule has 0 unspecified atom stereocenters. The van der Waals surface area contributed by atoms with Gasteiger partial charge in [0.05, 0.1) is 0 Å². The van der Waals surface area contributed by atoms with Gasteiger partial charge in [0.25, 0.3) is 0 Å². The molecule has 0 aromatic heterocycles. The highest BCUT2D eigenvalue weighted by molar-refractivity contribution is 5.91. The number of unbranched alkanes of at least 4 members (excludes halogenated alkanes) is 4. The zero-order chi connectivity index (χ0) is 17.1. The third kappa shape index (κ3) is 8.04. The van der Waals surface area contributed by atoms with Crippen LogP contribution in [0.2, 0.25) is 0 Å². The number of amides is 1. The van der Waals surface area contributed by atoms with Crippen LogP contribution in [-0.4, -0.2) is 28.1 Å². The largest absolute Gasteiger partial charge is 0.508 e. The van der Waals surface area contributed by atoms with Crippen molar-refractivity contribution in [1.29, 1.82) is 0 Å². The molecule has 0 saturated carbocycles. The first-order valence-corrected chi connectivity index (χ1v) is 8.00. The lowest BCUT2D eigenvalue weighted by Gasteiger charge is -2.13. The Labute approximate surface area is 137 Å². The molecule has 5 nitrogen and oxygen atoms in total. The van der Waals surface area contributed by atoms with Crippen molar-refractivity contribution in [2.24, 2.45) is 0 Å². The van der Waals surface area contributed by atoms with E-state index in [9.17, 15) is 19.8 Å². The number of carbonyl (C=O) groups is 2. The summed E-state index contributed by atoms with van der Waals surface area (Å²) < 4.78 is 0. The number of aliphatic carboxylic acids is 1. The van der Waals surface area contributed by atoms with Gasteiger partial charge in [-0.05, 0) is 36.6 Å². The summed E-state index contributed by atoms with van der Waals surface area (Å²) >= 11 is 0. The second kappa shape index (κ2) is 10.4. The number of phenols is 1. The Balaban J connectivity index is 2.45. The van der Waals surface area contributed by atoms with E-state index in [2.05, 4.69) is 12.2 Å². The van der Waals surface area contributed by atoms with E-state index < -0.39 is 17.9 Å². The van der Waals surface area contributed by atoms with Gasteiger partial charge in [0.15, 0.2) is 0 Å². The van der Waals surface area contributed by atoms with Gasteiger partial charge in [-0.15, -0.1) is 0 Å². The third-order valence-corrected chi connectivity index (χ3v) is 3.48. The molecule has 0 fully saturated rings. The number of carboxylic acids is 1. The topological polar surface area (TPSA) is 86.6 Å². The SMILES string of the molecule is CCCCCCC=CC(=O)N[C@@H](Cc1ccc(O)cc1)C(=O)O. The zero-order valence-electron chi connectivity index (χ0n) is 13.5. The van der Waals surface area contributed by atoms with Crippen LogP contribution in [0, 0.1) is 0 Å². The molecule has 0 aliphatic carbocycles. The fourth-order valence-electron chi connectivity index (χ4n) is 2.17. The number of rotatable bonds is 10. The van der Waals surface area contributed by atoms with Crippen molar-refractivity contribution >= 4 is 11.9 Å². The number of benzene rings is 1. The standard InChI is InChI=1S/C18H25NO4/c1-2-3-4-5-6-7-8-17(21)19-16(18(22)23)13-14-9-11-15(20)12-10-14/h7-12,16,20H,2-6,13H2,1H3,(H,19,21)(H,22,23)/t16-/m0/s1. The van der Waals surface area contributed by atoms with Crippen molar-refractivity contribution in [3.05, 3.63) is 42.0 Å². The molecule has 1 amide bonds. The van der Waals surface area contributed by atoms with Gasteiger partial charge in [-0.2, -0.15) is 0 Å². The maximum Gasteiger partial charge on any atom is 0.326 e. The van der Waals surface area contributed by atoms with E-state index in [0.29, 0.717) is 0 Å². The fourth-order valence-corrected chi connectivity index (χ4v) is 2.17. The third-order valence-electron chi connectivity index (χ3n) is 3.48. The molecule has 1 rings (SSSR count). The minimum absolute atomic E-state index is 0.121. The second-order valence-electron chi connectivity index (χ2n) is 5.52. The summed E-state index contributed by atoms with van der Waals surface area (Å²) in [4.78, 5) is 23.1. The Hall–Kier alpha value is -2.30. The molecular weight excluding hydrogens is 294 g/mol. The minimum atomic E-state index is -1.08. The molecule has 1 atom stereocenters. The van der Waals surface area contributed by atoms with E-state index in [4.69, 9.17) is 0 Å². The summed E-state index contributed by atoms with van der Waals surface area (Å²) in [6.45, 7) is 2.14. The van der Waals surface area contributed by atoms with Crippen LogP contribution >= 0.6 is 0 Å².